The monoisotopic (exact) mass is 1660 g/mol. The van der Waals surface area contributed by atoms with Crippen LogP contribution in [0.25, 0.3) is 0 Å². The molecule has 0 rings (SSSR count). The molecule has 0 saturated heterocycles. The van der Waals surface area contributed by atoms with Crippen LogP contribution in [-0.2, 0) is 65.4 Å². The van der Waals surface area contributed by atoms with E-state index in [0.29, 0.717) is 31.6 Å². The third kappa shape index (κ3) is 86.4. The quantitative estimate of drug-likeness (QED) is 0.0222. The number of unbranched alkanes of at least 4 members (excludes halogenated alkanes) is 63. The van der Waals surface area contributed by atoms with Crippen molar-refractivity contribution in [2.45, 2.75) is 535 Å². The summed E-state index contributed by atoms with van der Waals surface area (Å²) in [5, 5.41) is 10.7. The summed E-state index contributed by atoms with van der Waals surface area (Å²) in [6, 6.07) is 0. The van der Waals surface area contributed by atoms with Crippen LogP contribution in [0, 0.1) is 11.8 Å². The molecular weight excluding hydrogens is 1470 g/mol. The zero-order chi connectivity index (χ0) is 83.4. The van der Waals surface area contributed by atoms with Gasteiger partial charge in [0.1, 0.15) is 19.3 Å². The average molecular weight is 1660 g/mol. The Kier molecular flexibility index (Phi) is 84.6. The molecule has 0 aromatic carbocycles. The molecule has 0 bridgehead atoms. The summed E-state index contributed by atoms with van der Waals surface area (Å²) in [6.45, 7) is 9.73. The molecule has 0 aromatic heterocycles. The van der Waals surface area contributed by atoms with Crippen LogP contribution in [0.3, 0.4) is 0 Å². The molecule has 3 unspecified atom stereocenters. The van der Waals surface area contributed by atoms with E-state index in [1.807, 2.05) is 0 Å². The normalized spacial score (nSPS) is 13.9. The summed E-state index contributed by atoms with van der Waals surface area (Å²) in [5.41, 5.74) is 0. The maximum Gasteiger partial charge on any atom is 0.472 e. The van der Waals surface area contributed by atoms with E-state index in [9.17, 15) is 43.2 Å². The van der Waals surface area contributed by atoms with Crippen LogP contribution in [0.15, 0.2) is 0 Å². The second kappa shape index (κ2) is 86.0. The van der Waals surface area contributed by atoms with Crippen molar-refractivity contribution in [3.8, 4) is 0 Å². The van der Waals surface area contributed by atoms with Gasteiger partial charge in [-0.25, -0.2) is 9.13 Å². The second-order valence-corrected chi connectivity index (χ2v) is 37.7. The first-order valence-corrected chi connectivity index (χ1v) is 52.0. The van der Waals surface area contributed by atoms with Crippen LogP contribution in [0.4, 0.5) is 0 Å². The molecule has 0 spiro atoms. The molecule has 0 aliphatic heterocycles. The molecule has 6 atom stereocenters. The highest BCUT2D eigenvalue weighted by Gasteiger charge is 2.31. The number of aliphatic hydroxyl groups excluding tert-OH is 1. The molecule has 114 heavy (non-hydrogen) atoms. The maximum absolute atomic E-state index is 13.2. The topological polar surface area (TPSA) is 237 Å². The number of hydrogen-bond donors (Lipinski definition) is 3. The minimum absolute atomic E-state index is 0.108. The Morgan fingerprint density at radius 2 is 0.447 bits per heavy atom. The number of phosphoric ester groups is 2. The number of ether oxygens (including phenoxy) is 4. The first-order valence-electron chi connectivity index (χ1n) is 49.0. The van der Waals surface area contributed by atoms with Crippen LogP contribution < -0.4 is 0 Å². The Balaban J connectivity index is 5.20. The van der Waals surface area contributed by atoms with Crippen molar-refractivity contribution in [2.75, 3.05) is 39.6 Å². The van der Waals surface area contributed by atoms with Crippen LogP contribution in [0.1, 0.15) is 517 Å². The number of hydrogen-bond acceptors (Lipinski definition) is 15. The van der Waals surface area contributed by atoms with E-state index in [-0.39, 0.29) is 25.7 Å². The molecular formula is C95H186O17P2. The Hall–Kier alpha value is -1.94. The fraction of sp³-hybridized carbons (Fsp3) is 0.958. The highest BCUT2D eigenvalue weighted by molar-refractivity contribution is 7.47. The number of aliphatic hydroxyl groups is 1. The molecule has 0 saturated carbocycles. The molecule has 3 N–H and O–H groups in total. The standard InChI is InChI=1S/C95H186O17P2/c1-7-10-12-14-16-18-20-22-24-26-28-30-32-37-41-45-49-53-59-65-71-77-92(97)105-83-90(111-94(99)79-73-68-61-55-51-47-43-39-35-34-36-40-44-48-52-58-64-70-76-88(6)9-3)85-109-113(101,102)107-81-89(96)82-108-114(103,104)110-86-91(84-106-93(98)78-72-66-62-56-57-63-69-75-87(4)5)112-95(100)80-74-67-60-54-50-46-42-38-33-31-29-27-25-23-21-19-17-15-13-11-8-2/h87-91,96H,7-86H2,1-6H3,(H,101,102)(H,103,104)/t88?,89-,90-,91-/m1/s1. The first-order chi connectivity index (χ1) is 55.4. The molecule has 0 heterocycles. The molecule has 0 amide bonds. The van der Waals surface area contributed by atoms with Crippen molar-refractivity contribution in [2.24, 2.45) is 11.8 Å². The fourth-order valence-corrected chi connectivity index (χ4v) is 16.6. The second-order valence-electron chi connectivity index (χ2n) is 34.8. The summed E-state index contributed by atoms with van der Waals surface area (Å²) in [4.78, 5) is 73.5. The van der Waals surface area contributed by atoms with Gasteiger partial charge < -0.3 is 33.8 Å². The van der Waals surface area contributed by atoms with Crippen molar-refractivity contribution in [3.63, 3.8) is 0 Å². The third-order valence-electron chi connectivity index (χ3n) is 22.8. The van der Waals surface area contributed by atoms with Gasteiger partial charge in [0.15, 0.2) is 12.2 Å². The molecule has 17 nitrogen and oxygen atoms in total. The Morgan fingerprint density at radius 1 is 0.254 bits per heavy atom. The van der Waals surface area contributed by atoms with E-state index >= 15 is 0 Å². The third-order valence-corrected chi connectivity index (χ3v) is 24.7. The van der Waals surface area contributed by atoms with Crippen LogP contribution >= 0.6 is 15.6 Å². The van der Waals surface area contributed by atoms with Crippen molar-refractivity contribution in [1.82, 2.24) is 0 Å². The van der Waals surface area contributed by atoms with E-state index in [1.54, 1.807) is 0 Å². The van der Waals surface area contributed by atoms with E-state index in [2.05, 4.69) is 41.5 Å². The van der Waals surface area contributed by atoms with Gasteiger partial charge in [0.2, 0.25) is 0 Å². The summed E-state index contributed by atoms with van der Waals surface area (Å²) < 4.78 is 69.1. The van der Waals surface area contributed by atoms with E-state index < -0.39 is 97.5 Å². The van der Waals surface area contributed by atoms with Crippen molar-refractivity contribution < 1.29 is 80.2 Å². The van der Waals surface area contributed by atoms with Gasteiger partial charge in [-0.15, -0.1) is 0 Å². The number of phosphoric acid groups is 2. The molecule has 0 radical (unpaired) electrons. The maximum atomic E-state index is 13.2. The van der Waals surface area contributed by atoms with Gasteiger partial charge >= 0.3 is 39.5 Å². The summed E-state index contributed by atoms with van der Waals surface area (Å²) in [6.07, 6.45) is 82.3. The molecule has 19 heteroatoms. The summed E-state index contributed by atoms with van der Waals surface area (Å²) in [7, 11) is -9.94. The minimum Gasteiger partial charge on any atom is -0.462 e. The van der Waals surface area contributed by atoms with Gasteiger partial charge in [-0.3, -0.25) is 37.3 Å². The van der Waals surface area contributed by atoms with E-state index in [4.69, 9.17) is 37.0 Å². The van der Waals surface area contributed by atoms with Gasteiger partial charge in [0.05, 0.1) is 26.4 Å². The lowest BCUT2D eigenvalue weighted by molar-refractivity contribution is -0.161. The predicted octanol–water partition coefficient (Wildman–Crippen LogP) is 29.7. The van der Waals surface area contributed by atoms with Crippen LogP contribution in [-0.4, -0.2) is 96.7 Å². The molecule has 0 aromatic rings. The van der Waals surface area contributed by atoms with Crippen molar-refractivity contribution in [1.29, 1.82) is 0 Å². The minimum atomic E-state index is -4.97. The Bertz CT molecular complexity index is 2170. The Labute approximate surface area is 702 Å². The SMILES string of the molecule is CCCCCCCCCCCCCCCCCCCCCCCC(=O)OC[C@H](COP(=O)(O)OC[C@@H](O)COP(=O)(O)OC[C@@H](COC(=O)CCCCCCCCCC(C)C)OC(=O)CCCCCCCCCCCCCCCCCCCCCCC)OC(=O)CCCCCCCCCCCCCCCCCCCCC(C)CC. The number of carbonyl (C=O) groups is 4. The zero-order valence-corrected chi connectivity index (χ0v) is 77.2. The van der Waals surface area contributed by atoms with Crippen LogP contribution in [0.2, 0.25) is 0 Å². The van der Waals surface area contributed by atoms with Crippen LogP contribution in [0.5, 0.6) is 0 Å². The van der Waals surface area contributed by atoms with Crippen molar-refractivity contribution in [3.05, 3.63) is 0 Å². The summed E-state index contributed by atoms with van der Waals surface area (Å²) >= 11 is 0. The molecule has 0 aliphatic rings. The smallest absolute Gasteiger partial charge is 0.462 e. The lowest BCUT2D eigenvalue weighted by atomic mass is 9.99. The number of esters is 4. The average Bonchev–Trinajstić information content (AvgIpc) is 0.895. The van der Waals surface area contributed by atoms with Gasteiger partial charge in [0, 0.05) is 25.7 Å². The molecule has 0 fully saturated rings. The highest BCUT2D eigenvalue weighted by Crippen LogP contribution is 2.45. The zero-order valence-electron chi connectivity index (χ0n) is 75.4. The lowest BCUT2D eigenvalue weighted by Crippen LogP contribution is -2.30. The molecule has 678 valence electrons. The van der Waals surface area contributed by atoms with E-state index in [0.717, 1.165) is 102 Å². The number of carbonyl (C=O) groups excluding carboxylic acids is 4. The highest BCUT2D eigenvalue weighted by atomic mass is 31.2. The van der Waals surface area contributed by atoms with Gasteiger partial charge in [-0.1, -0.05) is 465 Å². The lowest BCUT2D eigenvalue weighted by Gasteiger charge is -2.21. The fourth-order valence-electron chi connectivity index (χ4n) is 15.0. The van der Waals surface area contributed by atoms with Gasteiger partial charge in [-0.2, -0.15) is 0 Å². The number of rotatable bonds is 94. The van der Waals surface area contributed by atoms with Gasteiger partial charge in [-0.05, 0) is 37.5 Å². The largest absolute Gasteiger partial charge is 0.472 e. The van der Waals surface area contributed by atoms with Crippen molar-refractivity contribution >= 4 is 39.5 Å². The Morgan fingerprint density at radius 3 is 0.667 bits per heavy atom. The molecule has 0 aliphatic carbocycles. The summed E-state index contributed by atoms with van der Waals surface area (Å²) in [5.74, 6) is -0.519. The van der Waals surface area contributed by atoms with Gasteiger partial charge in [0.25, 0.3) is 0 Å². The predicted molar refractivity (Wildman–Crippen MR) is 474 cm³/mol. The first kappa shape index (κ1) is 112. The van der Waals surface area contributed by atoms with E-state index in [1.165, 1.54) is 327 Å².